The van der Waals surface area contributed by atoms with Gasteiger partial charge in [0.05, 0.1) is 17.9 Å². The lowest BCUT2D eigenvalue weighted by atomic mass is 10.2. The molecule has 0 saturated carbocycles. The molecule has 28 heavy (non-hydrogen) atoms. The summed E-state index contributed by atoms with van der Waals surface area (Å²) in [5.74, 6) is -0.627. The Morgan fingerprint density at radius 1 is 1.21 bits per heavy atom. The van der Waals surface area contributed by atoms with Gasteiger partial charge in [-0.2, -0.15) is 0 Å². The number of esters is 1. The van der Waals surface area contributed by atoms with E-state index in [1.165, 1.54) is 22.1 Å². The molecule has 0 N–H and O–H groups in total. The minimum Gasteiger partial charge on any atom is -0.465 e. The number of rotatable bonds is 6. The zero-order chi connectivity index (χ0) is 20.3. The molecule has 0 amide bonds. The maximum Gasteiger partial charge on any atom is 0.331 e. The van der Waals surface area contributed by atoms with Gasteiger partial charge in [-0.15, -0.1) is 11.3 Å². The summed E-state index contributed by atoms with van der Waals surface area (Å²) >= 11 is 1.32. The summed E-state index contributed by atoms with van der Waals surface area (Å²) < 4.78 is 7.25. The molecule has 0 spiro atoms. The van der Waals surface area contributed by atoms with Crippen LogP contribution in [0.3, 0.4) is 0 Å². The molecule has 0 fully saturated rings. The molecule has 146 valence electrons. The highest BCUT2D eigenvalue weighted by molar-refractivity contribution is 7.13. The number of nitrogens with zero attached hydrogens (tertiary/aromatic N) is 3. The molecule has 0 unspecified atom stereocenters. The van der Waals surface area contributed by atoms with E-state index in [9.17, 15) is 14.4 Å². The molecule has 0 saturated heterocycles. The number of aromatic nitrogens is 3. The van der Waals surface area contributed by atoms with Gasteiger partial charge in [-0.25, -0.2) is 14.3 Å². The zero-order valence-corrected chi connectivity index (χ0v) is 16.7. The number of ether oxygens (including phenoxy) is 1. The molecule has 1 aromatic carbocycles. The summed E-state index contributed by atoms with van der Waals surface area (Å²) in [5, 5.41) is 2.36. The third kappa shape index (κ3) is 3.96. The van der Waals surface area contributed by atoms with Crippen molar-refractivity contribution in [2.75, 3.05) is 6.61 Å². The first-order chi connectivity index (χ1) is 13.4. The Kier molecular flexibility index (Phi) is 5.89. The SMILES string of the molecule is CCOC(=O)Cn1c(=O)c(-c2nc(-c3ccccc3)cs2)cn(C(C)C)c1=O. The van der Waals surface area contributed by atoms with Crippen molar-refractivity contribution in [3.05, 3.63) is 62.7 Å². The maximum absolute atomic E-state index is 13.0. The zero-order valence-electron chi connectivity index (χ0n) is 15.9. The van der Waals surface area contributed by atoms with Crippen LogP contribution in [0.15, 0.2) is 51.5 Å². The van der Waals surface area contributed by atoms with Crippen molar-refractivity contribution in [2.24, 2.45) is 0 Å². The molecule has 8 heteroatoms. The van der Waals surface area contributed by atoms with Crippen molar-refractivity contribution in [1.29, 1.82) is 0 Å². The van der Waals surface area contributed by atoms with Gasteiger partial charge in [0.15, 0.2) is 0 Å². The van der Waals surface area contributed by atoms with Gasteiger partial charge in [0, 0.05) is 23.2 Å². The molecule has 0 aliphatic rings. The molecule has 0 aliphatic carbocycles. The van der Waals surface area contributed by atoms with E-state index in [2.05, 4.69) is 4.98 Å². The number of benzene rings is 1. The molecule has 0 aliphatic heterocycles. The molecular weight excluding hydrogens is 378 g/mol. The number of hydrogen-bond acceptors (Lipinski definition) is 6. The van der Waals surface area contributed by atoms with E-state index in [0.717, 1.165) is 15.8 Å². The summed E-state index contributed by atoms with van der Waals surface area (Å²) in [4.78, 5) is 42.1. The highest BCUT2D eigenvalue weighted by Crippen LogP contribution is 2.27. The maximum atomic E-state index is 13.0. The topological polar surface area (TPSA) is 83.2 Å². The van der Waals surface area contributed by atoms with Gasteiger partial charge in [0.1, 0.15) is 11.6 Å². The molecule has 0 bridgehead atoms. The van der Waals surface area contributed by atoms with Gasteiger partial charge in [-0.3, -0.25) is 14.2 Å². The predicted molar refractivity (Wildman–Crippen MR) is 109 cm³/mol. The van der Waals surface area contributed by atoms with E-state index in [4.69, 9.17) is 4.74 Å². The number of hydrogen-bond donors (Lipinski definition) is 0. The van der Waals surface area contributed by atoms with Crippen LogP contribution in [0.25, 0.3) is 21.8 Å². The largest absolute Gasteiger partial charge is 0.465 e. The monoisotopic (exact) mass is 399 g/mol. The number of thiazole rings is 1. The molecule has 7 nitrogen and oxygen atoms in total. The minimum atomic E-state index is -0.627. The number of carbonyl (C=O) groups is 1. The van der Waals surface area contributed by atoms with Gasteiger partial charge < -0.3 is 4.74 Å². The summed E-state index contributed by atoms with van der Waals surface area (Å²) in [6.07, 6.45) is 1.52. The highest BCUT2D eigenvalue weighted by atomic mass is 32.1. The Balaban J connectivity index is 2.12. The van der Waals surface area contributed by atoms with E-state index in [1.54, 1.807) is 6.92 Å². The van der Waals surface area contributed by atoms with Gasteiger partial charge in [0.25, 0.3) is 5.56 Å². The third-order valence-electron chi connectivity index (χ3n) is 4.15. The molecule has 2 heterocycles. The molecule has 3 rings (SSSR count). The Bertz CT molecular complexity index is 1100. The summed E-state index contributed by atoms with van der Waals surface area (Å²) in [6, 6.07) is 9.44. The van der Waals surface area contributed by atoms with Crippen LogP contribution in [0.4, 0.5) is 0 Å². The lowest BCUT2D eigenvalue weighted by Gasteiger charge is -2.14. The van der Waals surface area contributed by atoms with Gasteiger partial charge in [-0.05, 0) is 20.8 Å². The van der Waals surface area contributed by atoms with Crippen LogP contribution in [0, 0.1) is 0 Å². The fourth-order valence-electron chi connectivity index (χ4n) is 2.75. The van der Waals surface area contributed by atoms with Crippen LogP contribution < -0.4 is 11.2 Å². The van der Waals surface area contributed by atoms with Crippen LogP contribution >= 0.6 is 11.3 Å². The Hall–Kier alpha value is -3.00. The average molecular weight is 399 g/mol. The molecule has 3 aromatic rings. The van der Waals surface area contributed by atoms with Crippen molar-refractivity contribution in [2.45, 2.75) is 33.4 Å². The summed E-state index contributed by atoms with van der Waals surface area (Å²) in [6.45, 7) is 5.09. The van der Waals surface area contributed by atoms with Crippen molar-refractivity contribution in [3.8, 4) is 21.8 Å². The Morgan fingerprint density at radius 3 is 2.57 bits per heavy atom. The van der Waals surface area contributed by atoms with Crippen LogP contribution in [0.2, 0.25) is 0 Å². The smallest absolute Gasteiger partial charge is 0.331 e. The first kappa shape index (κ1) is 19.8. The fraction of sp³-hybridized carbons (Fsp3) is 0.300. The van der Waals surface area contributed by atoms with Crippen LogP contribution in [-0.2, 0) is 16.1 Å². The van der Waals surface area contributed by atoms with Crippen LogP contribution in [0.5, 0.6) is 0 Å². The van der Waals surface area contributed by atoms with Gasteiger partial charge in [0.2, 0.25) is 0 Å². The van der Waals surface area contributed by atoms with E-state index < -0.39 is 23.8 Å². The third-order valence-corrected chi connectivity index (χ3v) is 5.02. The molecule has 0 atom stereocenters. The quantitative estimate of drug-likeness (QED) is 0.595. The second kappa shape index (κ2) is 8.35. The first-order valence-corrected chi connectivity index (χ1v) is 9.83. The first-order valence-electron chi connectivity index (χ1n) is 8.95. The van der Waals surface area contributed by atoms with Crippen molar-refractivity contribution >= 4 is 17.3 Å². The Morgan fingerprint density at radius 2 is 1.93 bits per heavy atom. The predicted octanol–water partition coefficient (Wildman–Crippen LogP) is 2.94. The van der Waals surface area contributed by atoms with Gasteiger partial charge >= 0.3 is 11.7 Å². The van der Waals surface area contributed by atoms with Crippen molar-refractivity contribution < 1.29 is 9.53 Å². The van der Waals surface area contributed by atoms with Gasteiger partial charge in [-0.1, -0.05) is 30.3 Å². The van der Waals surface area contributed by atoms with E-state index >= 15 is 0 Å². The van der Waals surface area contributed by atoms with E-state index in [0.29, 0.717) is 5.01 Å². The van der Waals surface area contributed by atoms with Crippen molar-refractivity contribution in [3.63, 3.8) is 0 Å². The average Bonchev–Trinajstić information content (AvgIpc) is 3.16. The lowest BCUT2D eigenvalue weighted by molar-refractivity contribution is -0.143. The van der Waals surface area contributed by atoms with Crippen molar-refractivity contribution in [1.82, 2.24) is 14.1 Å². The lowest BCUT2D eigenvalue weighted by Crippen LogP contribution is -2.42. The minimum absolute atomic E-state index is 0.179. The van der Waals surface area contributed by atoms with Crippen LogP contribution in [-0.4, -0.2) is 26.7 Å². The molecule has 0 radical (unpaired) electrons. The number of carbonyl (C=O) groups excluding carboxylic acids is 1. The molecular formula is C20H21N3O4S. The summed E-state index contributed by atoms with van der Waals surface area (Å²) in [5.41, 5.74) is 0.874. The normalized spacial score (nSPS) is 11.0. The standard InChI is InChI=1S/C20H21N3O4S/c1-4-27-17(24)11-23-19(25)15(10-22(13(2)3)20(23)26)18-21-16(12-28-18)14-8-6-5-7-9-14/h5-10,12-13H,4,11H2,1-3H3. The fourth-order valence-corrected chi connectivity index (χ4v) is 3.58. The highest BCUT2D eigenvalue weighted by Gasteiger charge is 2.19. The Labute approximate surface area is 165 Å². The second-order valence-corrected chi connectivity index (χ2v) is 7.28. The second-order valence-electron chi connectivity index (χ2n) is 6.43. The molecule has 2 aromatic heterocycles. The van der Waals surface area contributed by atoms with Crippen LogP contribution in [0.1, 0.15) is 26.8 Å². The van der Waals surface area contributed by atoms with E-state index in [-0.39, 0.29) is 18.2 Å². The summed E-state index contributed by atoms with van der Waals surface area (Å²) in [7, 11) is 0. The van der Waals surface area contributed by atoms with E-state index in [1.807, 2.05) is 49.6 Å².